The van der Waals surface area contributed by atoms with E-state index in [4.69, 9.17) is 4.42 Å². The van der Waals surface area contributed by atoms with Gasteiger partial charge in [-0.15, -0.1) is 0 Å². The molecule has 0 radical (unpaired) electrons. The molecule has 6 nitrogen and oxygen atoms in total. The molecule has 2 amide bonds. The molecule has 1 unspecified atom stereocenters. The topological polar surface area (TPSA) is 87.4 Å². The van der Waals surface area contributed by atoms with E-state index in [0.29, 0.717) is 18.7 Å². The van der Waals surface area contributed by atoms with Gasteiger partial charge in [0.05, 0.1) is 6.54 Å². The van der Waals surface area contributed by atoms with Gasteiger partial charge in [-0.2, -0.15) is 0 Å². The van der Waals surface area contributed by atoms with E-state index in [0.717, 1.165) is 17.0 Å². The van der Waals surface area contributed by atoms with Gasteiger partial charge in [-0.3, -0.25) is 4.98 Å². The van der Waals surface area contributed by atoms with Crippen molar-refractivity contribution in [1.82, 2.24) is 15.6 Å². The smallest absolute Gasteiger partial charge is 0.314 e. The van der Waals surface area contributed by atoms with Gasteiger partial charge in [0.25, 0.3) is 0 Å². The Balaban J connectivity index is 1.73. The van der Waals surface area contributed by atoms with Crippen molar-refractivity contribution in [2.24, 2.45) is 0 Å². The van der Waals surface area contributed by atoms with Crippen LogP contribution in [0.4, 0.5) is 4.79 Å². The third kappa shape index (κ3) is 5.10. The maximum absolute atomic E-state index is 11.8. The summed E-state index contributed by atoms with van der Waals surface area (Å²) in [5.41, 5.74) is 0.788. The van der Waals surface area contributed by atoms with E-state index < -0.39 is 5.60 Å². The lowest BCUT2D eigenvalue weighted by Gasteiger charge is -2.21. The first-order valence-corrected chi connectivity index (χ1v) is 7.59. The van der Waals surface area contributed by atoms with Crippen molar-refractivity contribution in [2.75, 3.05) is 13.1 Å². The van der Waals surface area contributed by atoms with E-state index in [1.807, 2.05) is 19.1 Å². The summed E-state index contributed by atoms with van der Waals surface area (Å²) in [6.07, 6.45) is 2.51. The standard InChI is InChI=1S/C17H23N3O3/c1-12-4-6-14(10-19-12)8-9-18-16(21)20-11-17(3,22)15-7-5-13(2)23-15/h4-7,10,22H,8-9,11H2,1-3H3,(H2,18,20,21). The molecule has 0 saturated carbocycles. The van der Waals surface area contributed by atoms with Crippen molar-refractivity contribution in [3.05, 3.63) is 53.2 Å². The lowest BCUT2D eigenvalue weighted by Crippen LogP contribution is -2.43. The van der Waals surface area contributed by atoms with Crippen LogP contribution in [-0.2, 0) is 12.0 Å². The van der Waals surface area contributed by atoms with Crippen LogP contribution in [0.1, 0.15) is 29.7 Å². The number of aryl methyl sites for hydroxylation is 2. The van der Waals surface area contributed by atoms with E-state index in [9.17, 15) is 9.90 Å². The fourth-order valence-electron chi connectivity index (χ4n) is 2.09. The van der Waals surface area contributed by atoms with Crippen LogP contribution >= 0.6 is 0 Å². The number of carbonyl (C=O) groups excluding carboxylic acids is 1. The van der Waals surface area contributed by atoms with E-state index in [2.05, 4.69) is 15.6 Å². The van der Waals surface area contributed by atoms with Crippen LogP contribution < -0.4 is 10.6 Å². The number of carbonyl (C=O) groups is 1. The number of furan rings is 1. The molecule has 0 aliphatic heterocycles. The van der Waals surface area contributed by atoms with Crippen molar-refractivity contribution in [1.29, 1.82) is 0 Å². The number of urea groups is 1. The highest BCUT2D eigenvalue weighted by Crippen LogP contribution is 2.21. The molecule has 23 heavy (non-hydrogen) atoms. The first kappa shape index (κ1) is 17.0. The van der Waals surface area contributed by atoms with Crippen molar-refractivity contribution in [3.63, 3.8) is 0 Å². The molecule has 0 fully saturated rings. The maximum atomic E-state index is 11.8. The molecule has 2 rings (SSSR count). The monoisotopic (exact) mass is 317 g/mol. The Labute approximate surface area is 135 Å². The number of aliphatic hydroxyl groups is 1. The zero-order chi connectivity index (χ0) is 16.9. The Morgan fingerprint density at radius 2 is 2.04 bits per heavy atom. The third-order valence-corrected chi connectivity index (χ3v) is 3.54. The lowest BCUT2D eigenvalue weighted by molar-refractivity contribution is 0.0360. The second kappa shape index (κ2) is 7.28. The van der Waals surface area contributed by atoms with Crippen molar-refractivity contribution in [3.8, 4) is 0 Å². The first-order valence-electron chi connectivity index (χ1n) is 7.59. The minimum absolute atomic E-state index is 0.0673. The number of aromatic nitrogens is 1. The number of pyridine rings is 1. The summed E-state index contributed by atoms with van der Waals surface area (Å²) in [7, 11) is 0. The van der Waals surface area contributed by atoms with Gasteiger partial charge in [-0.25, -0.2) is 4.79 Å². The molecule has 0 bridgehead atoms. The average Bonchev–Trinajstić information content (AvgIpc) is 2.95. The van der Waals surface area contributed by atoms with E-state index in [1.54, 1.807) is 32.2 Å². The van der Waals surface area contributed by atoms with Gasteiger partial charge in [0.1, 0.15) is 17.1 Å². The maximum Gasteiger partial charge on any atom is 0.314 e. The summed E-state index contributed by atoms with van der Waals surface area (Å²) in [5.74, 6) is 1.15. The second-order valence-corrected chi connectivity index (χ2v) is 5.85. The summed E-state index contributed by atoms with van der Waals surface area (Å²) < 4.78 is 5.40. The average molecular weight is 317 g/mol. The molecule has 2 heterocycles. The number of rotatable bonds is 6. The Hall–Kier alpha value is -2.34. The summed E-state index contributed by atoms with van der Waals surface area (Å²) in [6, 6.07) is 7.09. The van der Waals surface area contributed by atoms with Crippen LogP contribution in [0.3, 0.4) is 0 Å². The Bertz CT molecular complexity index is 647. The third-order valence-electron chi connectivity index (χ3n) is 3.54. The van der Waals surface area contributed by atoms with Gasteiger partial charge in [-0.1, -0.05) is 6.07 Å². The molecular weight excluding hydrogens is 294 g/mol. The highest BCUT2D eigenvalue weighted by atomic mass is 16.4. The van der Waals surface area contributed by atoms with Crippen LogP contribution in [0.25, 0.3) is 0 Å². The fourth-order valence-corrected chi connectivity index (χ4v) is 2.09. The molecule has 124 valence electrons. The van der Waals surface area contributed by atoms with Gasteiger partial charge >= 0.3 is 6.03 Å². The van der Waals surface area contributed by atoms with E-state index >= 15 is 0 Å². The number of amides is 2. The summed E-state index contributed by atoms with van der Waals surface area (Å²) in [6.45, 7) is 5.90. The molecule has 6 heteroatoms. The normalized spacial score (nSPS) is 13.4. The Morgan fingerprint density at radius 3 is 2.65 bits per heavy atom. The van der Waals surface area contributed by atoms with E-state index in [-0.39, 0.29) is 12.6 Å². The van der Waals surface area contributed by atoms with E-state index in [1.165, 1.54) is 0 Å². The predicted octanol–water partition coefficient (Wildman–Crippen LogP) is 2.04. The summed E-state index contributed by atoms with van der Waals surface area (Å²) >= 11 is 0. The molecule has 2 aromatic heterocycles. The van der Waals surface area contributed by atoms with Crippen molar-refractivity contribution in [2.45, 2.75) is 32.8 Å². The molecule has 0 aliphatic carbocycles. The Kier molecular flexibility index (Phi) is 5.39. The minimum Gasteiger partial charge on any atom is -0.463 e. The summed E-state index contributed by atoms with van der Waals surface area (Å²) in [4.78, 5) is 16.0. The first-order chi connectivity index (χ1) is 10.9. The molecule has 0 aromatic carbocycles. The Morgan fingerprint density at radius 1 is 1.26 bits per heavy atom. The number of hydrogen-bond acceptors (Lipinski definition) is 4. The van der Waals surface area contributed by atoms with Crippen LogP contribution in [0.15, 0.2) is 34.9 Å². The number of nitrogens with one attached hydrogen (secondary N) is 2. The largest absolute Gasteiger partial charge is 0.463 e. The zero-order valence-electron chi connectivity index (χ0n) is 13.7. The van der Waals surface area contributed by atoms with Gasteiger partial charge < -0.3 is 20.2 Å². The molecule has 0 spiro atoms. The highest BCUT2D eigenvalue weighted by molar-refractivity contribution is 5.73. The van der Waals surface area contributed by atoms with Gasteiger partial charge in [0, 0.05) is 18.4 Å². The van der Waals surface area contributed by atoms with Crippen LogP contribution in [0.5, 0.6) is 0 Å². The van der Waals surface area contributed by atoms with Gasteiger partial charge in [0.15, 0.2) is 0 Å². The molecule has 2 aromatic rings. The van der Waals surface area contributed by atoms with Crippen molar-refractivity contribution < 1.29 is 14.3 Å². The molecule has 0 aliphatic rings. The second-order valence-electron chi connectivity index (χ2n) is 5.85. The predicted molar refractivity (Wildman–Crippen MR) is 87.1 cm³/mol. The fraction of sp³-hybridized carbons (Fsp3) is 0.412. The van der Waals surface area contributed by atoms with Gasteiger partial charge in [-0.05, 0) is 51.0 Å². The number of hydrogen-bond donors (Lipinski definition) is 3. The molecular formula is C17H23N3O3. The number of nitrogens with zero attached hydrogens (tertiary/aromatic N) is 1. The lowest BCUT2D eigenvalue weighted by atomic mass is 10.0. The van der Waals surface area contributed by atoms with Crippen molar-refractivity contribution >= 4 is 6.03 Å². The molecule has 3 N–H and O–H groups in total. The SMILES string of the molecule is Cc1ccc(CCNC(=O)NCC(C)(O)c2ccc(C)o2)cn1. The zero-order valence-corrected chi connectivity index (χ0v) is 13.7. The quantitative estimate of drug-likeness (QED) is 0.761. The molecule has 0 saturated heterocycles. The van der Waals surface area contributed by atoms with Crippen LogP contribution in [-0.4, -0.2) is 29.2 Å². The minimum atomic E-state index is -1.24. The molecule has 1 atom stereocenters. The van der Waals surface area contributed by atoms with Crippen LogP contribution in [0.2, 0.25) is 0 Å². The van der Waals surface area contributed by atoms with Gasteiger partial charge in [0.2, 0.25) is 0 Å². The summed E-state index contributed by atoms with van der Waals surface area (Å²) in [5, 5.41) is 15.7. The van der Waals surface area contributed by atoms with Crippen LogP contribution in [0, 0.1) is 13.8 Å². The highest BCUT2D eigenvalue weighted by Gasteiger charge is 2.27.